The van der Waals surface area contributed by atoms with E-state index in [-0.39, 0.29) is 16.5 Å². The Bertz CT molecular complexity index is 620. The molecule has 0 saturated heterocycles. The molecule has 3 heterocycles. The molecule has 0 atom stereocenters. The molecule has 0 amide bonds. The summed E-state index contributed by atoms with van der Waals surface area (Å²) in [4.78, 5) is 1.69. The van der Waals surface area contributed by atoms with Crippen LogP contribution in [0.5, 0.6) is 0 Å². The molecule has 0 unspecified atom stereocenters. The Labute approximate surface area is 202 Å². The van der Waals surface area contributed by atoms with E-state index in [1.807, 2.05) is 52.4 Å². The zero-order valence-electron chi connectivity index (χ0n) is 24.0. The second kappa shape index (κ2) is 17.9. The van der Waals surface area contributed by atoms with Gasteiger partial charge in [-0.05, 0) is 41.5 Å². The van der Waals surface area contributed by atoms with E-state index in [4.69, 9.17) is 0 Å². The van der Waals surface area contributed by atoms with Crippen LogP contribution in [-0.4, -0.2) is 45.4 Å². The normalized spacial score (nSPS) is 10.3. The molecule has 0 saturated carbocycles. The summed E-state index contributed by atoms with van der Waals surface area (Å²) in [7, 11) is 0. The molecule has 192 valence electrons. The first-order valence-electron chi connectivity index (χ1n) is 11.9. The summed E-state index contributed by atoms with van der Waals surface area (Å²) in [6.45, 7) is 30.7. The van der Waals surface area contributed by atoms with Crippen LogP contribution < -0.4 is 0 Å². The largest absolute Gasteiger partial charge is 0.247 e. The lowest BCUT2D eigenvalue weighted by atomic mass is 9.93. The van der Waals surface area contributed by atoms with Gasteiger partial charge in [-0.25, -0.2) is 4.68 Å². The summed E-state index contributed by atoms with van der Waals surface area (Å²) >= 11 is 0. The van der Waals surface area contributed by atoms with Crippen LogP contribution in [0.25, 0.3) is 0 Å². The third-order valence-corrected chi connectivity index (χ3v) is 3.31. The van der Waals surface area contributed by atoms with Gasteiger partial charge in [-0.1, -0.05) is 67.5 Å². The summed E-state index contributed by atoms with van der Waals surface area (Å²) in [5.74, 6) is 0. The van der Waals surface area contributed by atoms with Gasteiger partial charge in [-0.3, -0.25) is 0 Å². The van der Waals surface area contributed by atoms with E-state index in [1.165, 1.54) is 0 Å². The molecule has 0 aromatic carbocycles. The first-order valence-corrected chi connectivity index (χ1v) is 11.9. The molecule has 1 N–H and O–H groups in total. The van der Waals surface area contributed by atoms with Gasteiger partial charge in [0.1, 0.15) is 0 Å². The average molecular weight is 466 g/mol. The lowest BCUT2D eigenvalue weighted by molar-refractivity contribution is 0.312. The zero-order valence-corrected chi connectivity index (χ0v) is 24.0. The van der Waals surface area contributed by atoms with Crippen molar-refractivity contribution in [3.8, 4) is 0 Å². The smallest absolute Gasteiger partial charge is 0.0877 e. The number of nitrogens with zero attached hydrogens (tertiary/aromatic N) is 8. The Morgan fingerprint density at radius 3 is 1.36 bits per heavy atom. The highest BCUT2D eigenvalue weighted by Crippen LogP contribution is 2.17. The molecular weight excluding hydrogens is 414 g/mol. The van der Waals surface area contributed by atoms with Crippen molar-refractivity contribution in [1.29, 1.82) is 0 Å². The predicted molar refractivity (Wildman–Crippen MR) is 139 cm³/mol. The van der Waals surface area contributed by atoms with Gasteiger partial charge in [0.05, 0.1) is 41.6 Å². The molecular formula is C24H51N9. The minimum atomic E-state index is 0.0174. The van der Waals surface area contributed by atoms with Crippen molar-refractivity contribution in [3.63, 3.8) is 0 Å². The molecule has 0 aliphatic carbocycles. The fourth-order valence-corrected chi connectivity index (χ4v) is 1.69. The molecule has 0 aliphatic heterocycles. The van der Waals surface area contributed by atoms with Crippen molar-refractivity contribution in [2.75, 3.05) is 0 Å². The Balaban J connectivity index is -0.000000367. The summed E-state index contributed by atoms with van der Waals surface area (Å²) in [5.41, 5.74) is 1.20. The topological polar surface area (TPSA) is 103 Å². The van der Waals surface area contributed by atoms with Crippen molar-refractivity contribution >= 4 is 0 Å². The maximum Gasteiger partial charge on any atom is 0.0877 e. The molecule has 0 fully saturated rings. The fourth-order valence-electron chi connectivity index (χ4n) is 1.69. The van der Waals surface area contributed by atoms with Crippen LogP contribution in [0.2, 0.25) is 0 Å². The van der Waals surface area contributed by atoms with Gasteiger partial charge in [0.25, 0.3) is 0 Å². The molecule has 0 bridgehead atoms. The standard InChI is InChI=1S/3C6H11N3.3C2H6/c1-6(2,3)9-5-4-7-8-9;1-6(2,3)9-7-4-5-8-9;1-6(2,3)5-4-7-9-8-5;3*1-2/h2*4-5H,1-3H3;4H,1-3H3,(H,7,8,9);3*1-2H3. The molecule has 0 radical (unpaired) electrons. The number of aromatic amines is 1. The predicted octanol–water partition coefficient (Wildman–Crippen LogP) is 6.25. The van der Waals surface area contributed by atoms with Gasteiger partial charge in [-0.15, -0.1) is 5.10 Å². The van der Waals surface area contributed by atoms with Crippen molar-refractivity contribution < 1.29 is 0 Å². The molecule has 33 heavy (non-hydrogen) atoms. The lowest BCUT2D eigenvalue weighted by Gasteiger charge is -2.17. The first-order chi connectivity index (χ1) is 15.3. The number of hydrogen-bond donors (Lipinski definition) is 1. The molecule has 3 aromatic rings. The van der Waals surface area contributed by atoms with Gasteiger partial charge in [0.15, 0.2) is 0 Å². The van der Waals surface area contributed by atoms with Crippen molar-refractivity contribution in [2.45, 2.75) is 120 Å². The quantitative estimate of drug-likeness (QED) is 0.421. The van der Waals surface area contributed by atoms with E-state index in [1.54, 1.807) is 29.6 Å². The van der Waals surface area contributed by atoms with E-state index in [9.17, 15) is 0 Å². The third-order valence-electron chi connectivity index (χ3n) is 3.31. The lowest BCUT2D eigenvalue weighted by Crippen LogP contribution is -2.24. The van der Waals surface area contributed by atoms with E-state index >= 15 is 0 Å². The molecule has 3 rings (SSSR count). The van der Waals surface area contributed by atoms with Gasteiger partial charge >= 0.3 is 0 Å². The monoisotopic (exact) mass is 465 g/mol. The molecule has 3 aromatic heterocycles. The Morgan fingerprint density at radius 1 is 0.697 bits per heavy atom. The highest BCUT2D eigenvalue weighted by molar-refractivity contribution is 5.04. The second-order valence-corrected chi connectivity index (χ2v) is 9.11. The Kier molecular flexibility index (Phi) is 19.0. The molecule has 9 heteroatoms. The number of H-pyrrole nitrogens is 1. The van der Waals surface area contributed by atoms with E-state index < -0.39 is 0 Å². The highest BCUT2D eigenvalue weighted by atomic mass is 15.5. The number of rotatable bonds is 0. The number of hydrogen-bond acceptors (Lipinski definition) is 6. The summed E-state index contributed by atoms with van der Waals surface area (Å²) < 4.78 is 1.83. The molecule has 0 aliphatic rings. The summed E-state index contributed by atoms with van der Waals surface area (Å²) in [6, 6.07) is 0. The SMILES string of the molecule is CC.CC.CC.CC(C)(C)c1cn[nH]n1.CC(C)(C)n1ccnn1.CC(C)(C)n1nccn1. The van der Waals surface area contributed by atoms with Gasteiger partial charge < -0.3 is 0 Å². The van der Waals surface area contributed by atoms with Crippen LogP contribution in [0.4, 0.5) is 0 Å². The van der Waals surface area contributed by atoms with Crippen LogP contribution in [0.15, 0.2) is 31.0 Å². The van der Waals surface area contributed by atoms with E-state index in [2.05, 4.69) is 98.2 Å². The summed E-state index contributed by atoms with van der Waals surface area (Å²) in [5, 5.41) is 25.8. The number of aromatic nitrogens is 9. The van der Waals surface area contributed by atoms with Crippen LogP contribution in [0, 0.1) is 0 Å². The van der Waals surface area contributed by atoms with Crippen molar-refractivity contribution in [3.05, 3.63) is 36.7 Å². The van der Waals surface area contributed by atoms with Gasteiger partial charge in [-0.2, -0.15) is 30.4 Å². The van der Waals surface area contributed by atoms with Crippen molar-refractivity contribution in [2.24, 2.45) is 0 Å². The van der Waals surface area contributed by atoms with Crippen molar-refractivity contribution in [1.82, 2.24) is 45.4 Å². The van der Waals surface area contributed by atoms with Crippen LogP contribution in [-0.2, 0) is 16.5 Å². The van der Waals surface area contributed by atoms with Gasteiger partial charge in [0.2, 0.25) is 0 Å². The fraction of sp³-hybridized carbons (Fsp3) is 0.750. The number of nitrogens with one attached hydrogen (secondary N) is 1. The Hall–Kier alpha value is -2.58. The van der Waals surface area contributed by atoms with Crippen LogP contribution in [0.1, 0.15) is 110 Å². The zero-order chi connectivity index (χ0) is 26.7. The second-order valence-electron chi connectivity index (χ2n) is 9.11. The molecule has 9 nitrogen and oxygen atoms in total. The molecule has 0 spiro atoms. The first kappa shape index (κ1) is 35.0. The highest BCUT2D eigenvalue weighted by Gasteiger charge is 2.15. The Morgan fingerprint density at radius 2 is 1.18 bits per heavy atom. The maximum absolute atomic E-state index is 3.99. The third kappa shape index (κ3) is 16.7. The minimum Gasteiger partial charge on any atom is -0.247 e. The van der Waals surface area contributed by atoms with E-state index in [0.717, 1.165) is 5.69 Å². The summed E-state index contributed by atoms with van der Waals surface area (Å²) in [6.07, 6.45) is 8.67. The minimum absolute atomic E-state index is 0.0174. The van der Waals surface area contributed by atoms with E-state index in [0.29, 0.717) is 0 Å². The van der Waals surface area contributed by atoms with Crippen LogP contribution >= 0.6 is 0 Å². The average Bonchev–Trinajstić information content (AvgIpc) is 3.55. The van der Waals surface area contributed by atoms with Gasteiger partial charge in [0, 0.05) is 11.6 Å². The maximum atomic E-state index is 3.99. The van der Waals surface area contributed by atoms with Crippen LogP contribution in [0.3, 0.4) is 0 Å².